The summed E-state index contributed by atoms with van der Waals surface area (Å²) in [5.41, 5.74) is 1.34. The lowest BCUT2D eigenvalue weighted by Crippen LogP contribution is -2.26. The lowest BCUT2D eigenvalue weighted by molar-refractivity contribution is 0.101. The zero-order valence-corrected chi connectivity index (χ0v) is 12.0. The molecule has 0 amide bonds. The van der Waals surface area contributed by atoms with Gasteiger partial charge in [0, 0.05) is 17.8 Å². The number of aliphatic hydroxyl groups is 1. The van der Waals surface area contributed by atoms with E-state index in [0.717, 1.165) is 11.4 Å². The highest BCUT2D eigenvalue weighted by Gasteiger charge is 2.09. The van der Waals surface area contributed by atoms with E-state index in [1.54, 1.807) is 6.07 Å². The van der Waals surface area contributed by atoms with E-state index in [9.17, 15) is 9.90 Å². The predicted octanol–water partition coefficient (Wildman–Crippen LogP) is 2.74. The fourth-order valence-electron chi connectivity index (χ4n) is 1.94. The van der Waals surface area contributed by atoms with Crippen molar-refractivity contribution in [2.24, 2.45) is 0 Å². The molecule has 1 unspecified atom stereocenters. The predicted molar refractivity (Wildman–Crippen MR) is 82.9 cm³/mol. The molecule has 0 bridgehead atoms. The number of Topliss-reactive ketones (excluding diaryl/α,β-unsaturated/α-hetero) is 1. The minimum atomic E-state index is -0.662. The maximum atomic E-state index is 11.5. The van der Waals surface area contributed by atoms with Crippen LogP contribution in [0, 0.1) is 0 Å². The number of ether oxygens (including phenoxy) is 1. The minimum Gasteiger partial charge on any atom is -0.491 e. The van der Waals surface area contributed by atoms with Crippen molar-refractivity contribution >= 4 is 11.5 Å². The fraction of sp³-hybridized carbons (Fsp3) is 0.235. The molecule has 2 aromatic rings. The van der Waals surface area contributed by atoms with E-state index in [2.05, 4.69) is 5.32 Å². The Kier molecular flexibility index (Phi) is 5.35. The number of benzene rings is 2. The van der Waals surface area contributed by atoms with E-state index in [1.807, 2.05) is 48.5 Å². The summed E-state index contributed by atoms with van der Waals surface area (Å²) >= 11 is 0. The molecule has 0 saturated carbocycles. The monoisotopic (exact) mass is 285 g/mol. The summed E-state index contributed by atoms with van der Waals surface area (Å²) in [5, 5.41) is 13.0. The van der Waals surface area contributed by atoms with E-state index in [-0.39, 0.29) is 12.4 Å². The summed E-state index contributed by atoms with van der Waals surface area (Å²) in [7, 11) is 0. The van der Waals surface area contributed by atoms with E-state index in [0.29, 0.717) is 12.1 Å². The molecule has 4 heteroatoms. The van der Waals surface area contributed by atoms with Crippen molar-refractivity contribution in [3.8, 4) is 5.75 Å². The van der Waals surface area contributed by atoms with Crippen LogP contribution in [0.15, 0.2) is 54.6 Å². The lowest BCUT2D eigenvalue weighted by atomic mass is 10.1. The third-order valence-electron chi connectivity index (χ3n) is 3.02. The van der Waals surface area contributed by atoms with Gasteiger partial charge in [0.2, 0.25) is 0 Å². The van der Waals surface area contributed by atoms with Gasteiger partial charge in [-0.2, -0.15) is 0 Å². The third kappa shape index (κ3) is 4.61. The number of nitrogens with one attached hydrogen (secondary N) is 1. The summed E-state index contributed by atoms with van der Waals surface area (Å²) < 4.78 is 5.48. The number of carbonyl (C=O) groups is 1. The molecular formula is C17H19NO3. The average Bonchev–Trinajstić information content (AvgIpc) is 2.52. The number of aliphatic hydroxyl groups excluding tert-OH is 1. The van der Waals surface area contributed by atoms with E-state index < -0.39 is 6.10 Å². The van der Waals surface area contributed by atoms with Crippen molar-refractivity contribution < 1.29 is 14.6 Å². The first-order valence-corrected chi connectivity index (χ1v) is 6.86. The van der Waals surface area contributed by atoms with Gasteiger partial charge in [0.25, 0.3) is 0 Å². The van der Waals surface area contributed by atoms with Crippen molar-refractivity contribution in [3.05, 3.63) is 60.2 Å². The Morgan fingerprint density at radius 2 is 1.81 bits per heavy atom. The lowest BCUT2D eigenvalue weighted by Gasteiger charge is -2.15. The number of anilines is 1. The van der Waals surface area contributed by atoms with Crippen LogP contribution in [0.1, 0.15) is 17.3 Å². The van der Waals surface area contributed by atoms with Gasteiger partial charge in [0.05, 0.1) is 0 Å². The summed E-state index contributed by atoms with van der Waals surface area (Å²) in [4.78, 5) is 11.5. The van der Waals surface area contributed by atoms with Crippen LogP contribution in [0.2, 0.25) is 0 Å². The van der Waals surface area contributed by atoms with Crippen LogP contribution in [-0.2, 0) is 0 Å². The molecule has 1 atom stereocenters. The number of para-hydroxylation sites is 2. The number of carbonyl (C=O) groups excluding carboxylic acids is 1. The maximum Gasteiger partial charge on any atom is 0.161 e. The standard InChI is InChI=1S/C17H19NO3/c1-13(19)16-9-5-6-10-17(16)18-11-14(20)12-21-15-7-3-2-4-8-15/h2-10,14,18,20H,11-12H2,1H3. The molecule has 21 heavy (non-hydrogen) atoms. The van der Waals surface area contributed by atoms with Crippen LogP contribution < -0.4 is 10.1 Å². The average molecular weight is 285 g/mol. The van der Waals surface area contributed by atoms with Crippen molar-refractivity contribution in [1.29, 1.82) is 0 Å². The topological polar surface area (TPSA) is 58.6 Å². The van der Waals surface area contributed by atoms with Gasteiger partial charge >= 0.3 is 0 Å². The van der Waals surface area contributed by atoms with Crippen LogP contribution in [0.4, 0.5) is 5.69 Å². The van der Waals surface area contributed by atoms with Gasteiger partial charge in [-0.1, -0.05) is 30.3 Å². The summed E-state index contributed by atoms with van der Waals surface area (Å²) in [6.07, 6.45) is -0.662. The van der Waals surface area contributed by atoms with E-state index in [1.165, 1.54) is 6.92 Å². The molecule has 0 aromatic heterocycles. The molecule has 4 nitrogen and oxygen atoms in total. The Morgan fingerprint density at radius 1 is 1.14 bits per heavy atom. The van der Waals surface area contributed by atoms with Gasteiger partial charge in [-0.05, 0) is 31.2 Å². The van der Waals surface area contributed by atoms with Crippen molar-refractivity contribution in [2.45, 2.75) is 13.0 Å². The van der Waals surface area contributed by atoms with Gasteiger partial charge in [0.1, 0.15) is 18.5 Å². The summed E-state index contributed by atoms with van der Waals surface area (Å²) in [5.74, 6) is 0.716. The smallest absolute Gasteiger partial charge is 0.161 e. The molecule has 2 rings (SSSR count). The fourth-order valence-corrected chi connectivity index (χ4v) is 1.94. The Balaban J connectivity index is 1.84. The van der Waals surface area contributed by atoms with Gasteiger partial charge < -0.3 is 15.2 Å². The summed E-state index contributed by atoms with van der Waals surface area (Å²) in [6, 6.07) is 16.6. The van der Waals surface area contributed by atoms with E-state index in [4.69, 9.17) is 4.74 Å². The Labute approximate surface area is 124 Å². The molecule has 0 saturated heterocycles. The molecule has 2 N–H and O–H groups in total. The number of hydrogen-bond acceptors (Lipinski definition) is 4. The number of ketones is 1. The first kappa shape index (κ1) is 15.1. The molecular weight excluding hydrogens is 266 g/mol. The van der Waals surface area contributed by atoms with Crippen molar-refractivity contribution in [2.75, 3.05) is 18.5 Å². The van der Waals surface area contributed by atoms with Crippen molar-refractivity contribution in [1.82, 2.24) is 0 Å². The van der Waals surface area contributed by atoms with Crippen LogP contribution in [0.3, 0.4) is 0 Å². The second-order valence-corrected chi connectivity index (χ2v) is 4.76. The number of hydrogen-bond donors (Lipinski definition) is 2. The van der Waals surface area contributed by atoms with Gasteiger partial charge in [0.15, 0.2) is 5.78 Å². The molecule has 0 aliphatic heterocycles. The second kappa shape index (κ2) is 7.45. The molecule has 110 valence electrons. The highest BCUT2D eigenvalue weighted by atomic mass is 16.5. The Bertz CT molecular complexity index is 584. The molecule has 2 aromatic carbocycles. The van der Waals surface area contributed by atoms with Gasteiger partial charge in [-0.3, -0.25) is 4.79 Å². The molecule has 0 aliphatic rings. The van der Waals surface area contributed by atoms with Crippen LogP contribution in [0.5, 0.6) is 5.75 Å². The molecule has 0 heterocycles. The Morgan fingerprint density at radius 3 is 2.52 bits per heavy atom. The van der Waals surface area contributed by atoms with E-state index >= 15 is 0 Å². The largest absolute Gasteiger partial charge is 0.491 e. The molecule has 0 radical (unpaired) electrons. The zero-order chi connectivity index (χ0) is 15.1. The first-order chi connectivity index (χ1) is 10.2. The summed E-state index contributed by atoms with van der Waals surface area (Å²) in [6.45, 7) is 2.03. The maximum absolute atomic E-state index is 11.5. The zero-order valence-electron chi connectivity index (χ0n) is 12.0. The molecule has 0 aliphatic carbocycles. The molecule has 0 spiro atoms. The molecule has 0 fully saturated rings. The minimum absolute atomic E-state index is 0.00637. The number of rotatable bonds is 7. The van der Waals surface area contributed by atoms with Gasteiger partial charge in [-0.15, -0.1) is 0 Å². The van der Waals surface area contributed by atoms with Crippen LogP contribution >= 0.6 is 0 Å². The van der Waals surface area contributed by atoms with Gasteiger partial charge in [-0.25, -0.2) is 0 Å². The SMILES string of the molecule is CC(=O)c1ccccc1NCC(O)COc1ccccc1. The quantitative estimate of drug-likeness (QED) is 0.768. The Hall–Kier alpha value is -2.33. The van der Waals surface area contributed by atoms with Crippen LogP contribution in [0.25, 0.3) is 0 Å². The first-order valence-electron chi connectivity index (χ1n) is 6.86. The third-order valence-corrected chi connectivity index (χ3v) is 3.02. The second-order valence-electron chi connectivity index (χ2n) is 4.76. The highest BCUT2D eigenvalue weighted by Crippen LogP contribution is 2.15. The van der Waals surface area contributed by atoms with Crippen LogP contribution in [-0.4, -0.2) is 30.1 Å². The van der Waals surface area contributed by atoms with Crippen molar-refractivity contribution in [3.63, 3.8) is 0 Å². The normalized spacial score (nSPS) is 11.7. The highest BCUT2D eigenvalue weighted by molar-refractivity contribution is 5.99.